The lowest BCUT2D eigenvalue weighted by Crippen LogP contribution is -2.40. The highest BCUT2D eigenvalue weighted by molar-refractivity contribution is 6.39. The summed E-state index contributed by atoms with van der Waals surface area (Å²) in [5.41, 5.74) is 3.16. The maximum Gasteiger partial charge on any atom is 0.313 e. The molecule has 0 fully saturated rings. The molecule has 1 aliphatic rings. The van der Waals surface area contributed by atoms with Crippen molar-refractivity contribution in [3.63, 3.8) is 0 Å². The van der Waals surface area contributed by atoms with Crippen molar-refractivity contribution in [2.45, 2.75) is 19.4 Å². The zero-order valence-electron chi connectivity index (χ0n) is 17.3. The van der Waals surface area contributed by atoms with E-state index in [1.165, 1.54) is 6.92 Å². The zero-order chi connectivity index (χ0) is 21.7. The fourth-order valence-corrected chi connectivity index (χ4v) is 3.35. The first-order valence-corrected chi connectivity index (χ1v) is 9.72. The van der Waals surface area contributed by atoms with Gasteiger partial charge >= 0.3 is 11.8 Å². The van der Waals surface area contributed by atoms with E-state index < -0.39 is 11.8 Å². The molecule has 0 bridgehead atoms. The molecule has 1 unspecified atom stereocenters. The van der Waals surface area contributed by atoms with E-state index in [-0.39, 0.29) is 18.5 Å². The van der Waals surface area contributed by atoms with E-state index in [2.05, 4.69) is 22.0 Å². The van der Waals surface area contributed by atoms with E-state index in [1.54, 1.807) is 24.3 Å². The highest BCUT2D eigenvalue weighted by atomic mass is 16.5. The Morgan fingerprint density at radius 1 is 1.03 bits per heavy atom. The number of carbonyl (C=O) groups is 3. The summed E-state index contributed by atoms with van der Waals surface area (Å²) in [6.07, 6.45) is 0.871. The van der Waals surface area contributed by atoms with Crippen LogP contribution in [-0.4, -0.2) is 49.9 Å². The van der Waals surface area contributed by atoms with Gasteiger partial charge in [0.1, 0.15) is 5.75 Å². The summed E-state index contributed by atoms with van der Waals surface area (Å²) in [4.78, 5) is 37.8. The lowest BCUT2D eigenvalue weighted by Gasteiger charge is -2.25. The van der Waals surface area contributed by atoms with Gasteiger partial charge in [-0.1, -0.05) is 18.2 Å². The monoisotopic (exact) mass is 410 g/mol. The third-order valence-electron chi connectivity index (χ3n) is 4.82. The summed E-state index contributed by atoms with van der Waals surface area (Å²) in [6, 6.07) is 12.5. The van der Waals surface area contributed by atoms with Crippen molar-refractivity contribution in [2.75, 3.05) is 37.9 Å². The molecule has 30 heavy (non-hydrogen) atoms. The molecule has 1 heterocycles. The normalized spacial score (nSPS) is 13.2. The number of rotatable bonds is 6. The van der Waals surface area contributed by atoms with Crippen LogP contribution in [0.15, 0.2) is 42.5 Å². The number of hydrogen-bond acceptors (Lipinski definition) is 5. The maximum atomic E-state index is 12.3. The zero-order valence-corrected chi connectivity index (χ0v) is 17.3. The molecule has 0 saturated carbocycles. The third kappa shape index (κ3) is 5.36. The molecule has 2 aromatic carbocycles. The Hall–Kier alpha value is -3.39. The van der Waals surface area contributed by atoms with Gasteiger partial charge in [-0.15, -0.1) is 0 Å². The molecule has 0 saturated heterocycles. The van der Waals surface area contributed by atoms with Crippen molar-refractivity contribution in [2.24, 2.45) is 0 Å². The average molecular weight is 410 g/mol. The number of nitrogens with zero attached hydrogens (tertiary/aromatic N) is 1. The number of hydrogen-bond donors (Lipinski definition) is 3. The lowest BCUT2D eigenvalue weighted by molar-refractivity contribution is -0.136. The number of ether oxygens (including phenoxy) is 1. The molecule has 1 aliphatic heterocycles. The number of likely N-dealkylation sites (N-methyl/N-ethyl adjacent to an activating group) is 1. The molecule has 0 spiro atoms. The molecule has 0 aromatic heterocycles. The maximum absolute atomic E-state index is 12.3. The minimum absolute atomic E-state index is 0.0873. The van der Waals surface area contributed by atoms with Crippen molar-refractivity contribution in [1.82, 2.24) is 10.2 Å². The minimum atomic E-state index is -0.769. The number of carbonyl (C=O) groups excluding carboxylic acids is 3. The fourth-order valence-electron chi connectivity index (χ4n) is 3.35. The molecule has 8 nitrogen and oxygen atoms in total. The first-order valence-electron chi connectivity index (χ1n) is 9.72. The Kier molecular flexibility index (Phi) is 6.68. The van der Waals surface area contributed by atoms with Crippen LogP contribution in [0.3, 0.4) is 0 Å². The molecule has 158 valence electrons. The van der Waals surface area contributed by atoms with Gasteiger partial charge < -0.3 is 25.6 Å². The van der Waals surface area contributed by atoms with Gasteiger partial charge in [0, 0.05) is 31.3 Å². The van der Waals surface area contributed by atoms with E-state index in [9.17, 15) is 14.4 Å². The average Bonchev–Trinajstić information content (AvgIpc) is 3.15. The quantitative estimate of drug-likeness (QED) is 0.632. The van der Waals surface area contributed by atoms with Crippen LogP contribution in [0.4, 0.5) is 11.4 Å². The number of amides is 3. The van der Waals surface area contributed by atoms with Crippen LogP contribution in [0.2, 0.25) is 0 Å². The second-order valence-corrected chi connectivity index (χ2v) is 7.37. The second kappa shape index (κ2) is 9.41. The van der Waals surface area contributed by atoms with Crippen LogP contribution in [0.5, 0.6) is 5.75 Å². The topological polar surface area (TPSA) is 99.8 Å². The Bertz CT molecular complexity index is 958. The van der Waals surface area contributed by atoms with Crippen LogP contribution in [0, 0.1) is 0 Å². The number of benzene rings is 2. The van der Waals surface area contributed by atoms with Gasteiger partial charge in [0.15, 0.2) is 0 Å². The van der Waals surface area contributed by atoms with Gasteiger partial charge in [-0.2, -0.15) is 0 Å². The van der Waals surface area contributed by atoms with Crippen molar-refractivity contribution in [3.8, 4) is 5.75 Å². The van der Waals surface area contributed by atoms with E-state index in [0.717, 1.165) is 23.3 Å². The van der Waals surface area contributed by atoms with Crippen molar-refractivity contribution in [1.29, 1.82) is 0 Å². The Labute approximate surface area is 175 Å². The van der Waals surface area contributed by atoms with Gasteiger partial charge in [-0.25, -0.2) is 0 Å². The summed E-state index contributed by atoms with van der Waals surface area (Å²) in [6.45, 7) is 2.37. The summed E-state index contributed by atoms with van der Waals surface area (Å²) in [5.74, 6) is -0.809. The molecular formula is C22H26N4O4. The van der Waals surface area contributed by atoms with Gasteiger partial charge in [0.25, 0.3) is 0 Å². The molecule has 0 aliphatic carbocycles. The number of fused-ring (bicyclic) bond motifs is 1. The van der Waals surface area contributed by atoms with E-state index in [1.807, 2.05) is 31.1 Å². The Morgan fingerprint density at radius 2 is 1.77 bits per heavy atom. The predicted octanol–water partition coefficient (Wildman–Crippen LogP) is 1.94. The predicted molar refractivity (Wildman–Crippen MR) is 114 cm³/mol. The first-order chi connectivity index (χ1) is 14.3. The molecule has 3 rings (SSSR count). The van der Waals surface area contributed by atoms with Gasteiger partial charge in [-0.3, -0.25) is 14.4 Å². The molecule has 3 N–H and O–H groups in total. The standard InChI is InChI=1S/C22H26N4O4/c1-14(27)24-17-5-4-6-18(12-17)25-22(29)21(28)23-13-19(26(2)3)15-7-8-20-16(11-15)9-10-30-20/h4-8,11-12,19H,9-10,13H2,1-3H3,(H,23,28)(H,24,27)(H,25,29). The summed E-state index contributed by atoms with van der Waals surface area (Å²) in [5, 5.41) is 7.88. The van der Waals surface area contributed by atoms with Crippen LogP contribution in [0.25, 0.3) is 0 Å². The van der Waals surface area contributed by atoms with Crippen LogP contribution >= 0.6 is 0 Å². The highest BCUT2D eigenvalue weighted by Gasteiger charge is 2.21. The van der Waals surface area contributed by atoms with Crippen molar-refractivity contribution in [3.05, 3.63) is 53.6 Å². The molecule has 1 atom stereocenters. The number of anilines is 2. The Morgan fingerprint density at radius 3 is 2.47 bits per heavy atom. The Balaban J connectivity index is 1.60. The smallest absolute Gasteiger partial charge is 0.313 e. The fraction of sp³-hybridized carbons (Fsp3) is 0.318. The summed E-state index contributed by atoms with van der Waals surface area (Å²) < 4.78 is 5.55. The SMILES string of the molecule is CC(=O)Nc1cccc(NC(=O)C(=O)NCC(c2ccc3c(c2)CCO3)N(C)C)c1. The second-order valence-electron chi connectivity index (χ2n) is 7.37. The number of nitrogens with one attached hydrogen (secondary N) is 3. The molecular weight excluding hydrogens is 384 g/mol. The van der Waals surface area contributed by atoms with E-state index >= 15 is 0 Å². The van der Waals surface area contributed by atoms with Crippen LogP contribution < -0.4 is 20.7 Å². The molecule has 3 amide bonds. The van der Waals surface area contributed by atoms with Gasteiger partial charge in [0.05, 0.1) is 12.6 Å². The molecule has 0 radical (unpaired) electrons. The molecule has 8 heteroatoms. The van der Waals surface area contributed by atoms with Gasteiger partial charge in [-0.05, 0) is 49.5 Å². The molecule has 2 aromatic rings. The van der Waals surface area contributed by atoms with Crippen molar-refractivity contribution >= 4 is 29.1 Å². The van der Waals surface area contributed by atoms with E-state index in [0.29, 0.717) is 18.0 Å². The van der Waals surface area contributed by atoms with Crippen LogP contribution in [0.1, 0.15) is 24.1 Å². The summed E-state index contributed by atoms with van der Waals surface area (Å²) in [7, 11) is 3.85. The van der Waals surface area contributed by atoms with Crippen LogP contribution in [-0.2, 0) is 20.8 Å². The third-order valence-corrected chi connectivity index (χ3v) is 4.82. The minimum Gasteiger partial charge on any atom is -0.493 e. The van der Waals surface area contributed by atoms with Crippen molar-refractivity contribution < 1.29 is 19.1 Å². The first kappa shape index (κ1) is 21.3. The summed E-state index contributed by atoms with van der Waals surface area (Å²) >= 11 is 0. The largest absolute Gasteiger partial charge is 0.493 e. The van der Waals surface area contributed by atoms with Gasteiger partial charge in [0.2, 0.25) is 5.91 Å². The van der Waals surface area contributed by atoms with E-state index in [4.69, 9.17) is 4.74 Å². The highest BCUT2D eigenvalue weighted by Crippen LogP contribution is 2.29. The lowest BCUT2D eigenvalue weighted by atomic mass is 10.0.